The second-order valence-electron chi connectivity index (χ2n) is 6.41. The molecule has 116 valence electrons. The van der Waals surface area contributed by atoms with E-state index in [0.717, 1.165) is 37.2 Å². The van der Waals surface area contributed by atoms with E-state index < -0.39 is 0 Å². The molecule has 2 fully saturated rings. The third-order valence-electron chi connectivity index (χ3n) is 4.83. The Kier molecular flexibility index (Phi) is 4.76. The van der Waals surface area contributed by atoms with Crippen molar-refractivity contribution >= 4 is 5.82 Å². The number of anilines is 1. The third kappa shape index (κ3) is 3.38. The van der Waals surface area contributed by atoms with Crippen LogP contribution in [0.25, 0.3) is 0 Å². The van der Waals surface area contributed by atoms with Gasteiger partial charge in [0.05, 0.1) is 5.69 Å². The summed E-state index contributed by atoms with van der Waals surface area (Å²) in [5.74, 6) is 1.16. The van der Waals surface area contributed by atoms with Gasteiger partial charge in [0.15, 0.2) is 0 Å². The van der Waals surface area contributed by atoms with Crippen molar-refractivity contribution < 1.29 is 0 Å². The van der Waals surface area contributed by atoms with E-state index in [4.69, 9.17) is 4.98 Å². The Morgan fingerprint density at radius 3 is 3.05 bits per heavy atom. The van der Waals surface area contributed by atoms with Crippen LogP contribution in [0.4, 0.5) is 5.82 Å². The summed E-state index contributed by atoms with van der Waals surface area (Å²) in [5.41, 5.74) is 1.15. The summed E-state index contributed by atoms with van der Waals surface area (Å²) >= 11 is 0. The van der Waals surface area contributed by atoms with Crippen LogP contribution in [0.1, 0.15) is 38.8 Å². The fourth-order valence-corrected chi connectivity index (χ4v) is 3.65. The van der Waals surface area contributed by atoms with Crippen molar-refractivity contribution in [1.29, 1.82) is 0 Å². The number of hydrogen-bond acceptors (Lipinski definition) is 4. The Balaban J connectivity index is 1.73. The molecule has 3 heterocycles. The lowest BCUT2D eigenvalue weighted by atomic mass is 9.97. The van der Waals surface area contributed by atoms with Crippen LogP contribution in [-0.2, 0) is 6.54 Å². The summed E-state index contributed by atoms with van der Waals surface area (Å²) in [4.78, 5) is 10.1. The molecule has 2 aliphatic rings. The third-order valence-corrected chi connectivity index (χ3v) is 4.83. The first-order chi connectivity index (χ1) is 10.3. The number of aromatic nitrogens is 1. The number of pyridine rings is 1. The first-order valence-corrected chi connectivity index (χ1v) is 8.45. The molecule has 3 rings (SSSR count). The highest BCUT2D eigenvalue weighted by Gasteiger charge is 2.33. The van der Waals surface area contributed by atoms with E-state index in [9.17, 15) is 0 Å². The number of piperazine rings is 1. The molecule has 2 saturated heterocycles. The van der Waals surface area contributed by atoms with Gasteiger partial charge in [-0.2, -0.15) is 0 Å². The van der Waals surface area contributed by atoms with Crippen LogP contribution in [0.15, 0.2) is 18.2 Å². The topological polar surface area (TPSA) is 31.4 Å². The summed E-state index contributed by atoms with van der Waals surface area (Å²) in [5, 5.41) is 3.36. The molecule has 0 amide bonds. The van der Waals surface area contributed by atoms with E-state index in [-0.39, 0.29) is 0 Å². The monoisotopic (exact) mass is 288 g/mol. The predicted molar refractivity (Wildman–Crippen MR) is 87.6 cm³/mol. The summed E-state index contributed by atoms with van der Waals surface area (Å²) in [6, 6.07) is 7.73. The molecule has 0 saturated carbocycles. The van der Waals surface area contributed by atoms with Crippen molar-refractivity contribution in [2.45, 2.75) is 51.7 Å². The summed E-state index contributed by atoms with van der Waals surface area (Å²) < 4.78 is 0. The van der Waals surface area contributed by atoms with Gasteiger partial charge in [-0.3, -0.25) is 4.90 Å². The van der Waals surface area contributed by atoms with Crippen molar-refractivity contribution in [2.75, 3.05) is 31.1 Å². The number of fused-ring (bicyclic) bond motifs is 1. The number of piperidine rings is 1. The zero-order chi connectivity index (χ0) is 14.7. The van der Waals surface area contributed by atoms with E-state index in [1.54, 1.807) is 0 Å². The molecule has 0 aliphatic carbocycles. The summed E-state index contributed by atoms with van der Waals surface area (Å²) in [6.45, 7) is 9.93. The molecule has 4 nitrogen and oxygen atoms in total. The maximum atomic E-state index is 4.87. The zero-order valence-corrected chi connectivity index (χ0v) is 13.4. The van der Waals surface area contributed by atoms with Crippen molar-refractivity contribution in [1.82, 2.24) is 15.2 Å². The number of nitrogens with one attached hydrogen (secondary N) is 1. The Morgan fingerprint density at radius 2 is 2.19 bits per heavy atom. The second-order valence-corrected chi connectivity index (χ2v) is 6.41. The van der Waals surface area contributed by atoms with Gasteiger partial charge in [-0.1, -0.05) is 19.4 Å². The van der Waals surface area contributed by atoms with Crippen LogP contribution in [0.2, 0.25) is 0 Å². The van der Waals surface area contributed by atoms with E-state index in [0.29, 0.717) is 6.04 Å². The first-order valence-electron chi connectivity index (χ1n) is 8.45. The lowest BCUT2D eigenvalue weighted by Gasteiger charge is -2.48. The SMILES string of the molecule is CCNCc1cccc(N2CC3CCCCN3CC2C)n1. The molecule has 0 spiro atoms. The van der Waals surface area contributed by atoms with Crippen LogP contribution < -0.4 is 10.2 Å². The molecule has 21 heavy (non-hydrogen) atoms. The molecule has 0 radical (unpaired) electrons. The van der Waals surface area contributed by atoms with Gasteiger partial charge in [-0.25, -0.2) is 4.98 Å². The van der Waals surface area contributed by atoms with Gasteiger partial charge < -0.3 is 10.2 Å². The molecule has 1 N–H and O–H groups in total. The van der Waals surface area contributed by atoms with Crippen molar-refractivity contribution in [3.8, 4) is 0 Å². The minimum absolute atomic E-state index is 0.557. The van der Waals surface area contributed by atoms with Gasteiger partial charge in [0.2, 0.25) is 0 Å². The maximum Gasteiger partial charge on any atom is 0.129 e. The number of hydrogen-bond donors (Lipinski definition) is 1. The molecule has 2 atom stereocenters. The van der Waals surface area contributed by atoms with Gasteiger partial charge in [0, 0.05) is 31.7 Å². The van der Waals surface area contributed by atoms with Gasteiger partial charge in [0.1, 0.15) is 5.82 Å². The van der Waals surface area contributed by atoms with Gasteiger partial charge in [0.25, 0.3) is 0 Å². The average Bonchev–Trinajstić information content (AvgIpc) is 2.52. The van der Waals surface area contributed by atoms with Gasteiger partial charge >= 0.3 is 0 Å². The van der Waals surface area contributed by atoms with Crippen LogP contribution in [0.3, 0.4) is 0 Å². The van der Waals surface area contributed by atoms with Gasteiger partial charge in [-0.05, 0) is 45.0 Å². The normalized spacial score (nSPS) is 26.7. The standard InChI is InChI=1S/C17H28N4/c1-3-18-11-15-7-6-9-17(19-15)21-13-16-8-4-5-10-20(16)12-14(21)2/h6-7,9,14,16,18H,3-5,8,10-13H2,1-2H3. The molecular weight excluding hydrogens is 260 g/mol. The van der Waals surface area contributed by atoms with Crippen LogP contribution >= 0.6 is 0 Å². The fourth-order valence-electron chi connectivity index (χ4n) is 3.65. The lowest BCUT2D eigenvalue weighted by molar-refractivity contribution is 0.115. The Morgan fingerprint density at radius 1 is 1.29 bits per heavy atom. The molecular formula is C17H28N4. The van der Waals surface area contributed by atoms with Crippen molar-refractivity contribution in [3.63, 3.8) is 0 Å². The largest absolute Gasteiger partial charge is 0.351 e. The number of nitrogens with zero attached hydrogens (tertiary/aromatic N) is 3. The van der Waals surface area contributed by atoms with E-state index in [1.165, 1.54) is 32.4 Å². The highest BCUT2D eigenvalue weighted by Crippen LogP contribution is 2.27. The van der Waals surface area contributed by atoms with Crippen molar-refractivity contribution in [2.24, 2.45) is 0 Å². The quantitative estimate of drug-likeness (QED) is 0.921. The predicted octanol–water partition coefficient (Wildman–Crippen LogP) is 2.25. The summed E-state index contributed by atoms with van der Waals surface area (Å²) in [7, 11) is 0. The Bertz CT molecular complexity index is 462. The first kappa shape index (κ1) is 14.8. The van der Waals surface area contributed by atoms with E-state index >= 15 is 0 Å². The minimum atomic E-state index is 0.557. The highest BCUT2D eigenvalue weighted by molar-refractivity contribution is 5.41. The highest BCUT2D eigenvalue weighted by atomic mass is 15.3. The fraction of sp³-hybridized carbons (Fsp3) is 0.706. The molecule has 0 aromatic carbocycles. The summed E-state index contributed by atoms with van der Waals surface area (Å²) in [6.07, 6.45) is 4.11. The molecule has 1 aromatic rings. The molecule has 4 heteroatoms. The molecule has 2 aliphatic heterocycles. The maximum absolute atomic E-state index is 4.87. The van der Waals surface area contributed by atoms with Crippen LogP contribution in [0.5, 0.6) is 0 Å². The van der Waals surface area contributed by atoms with E-state index in [1.807, 2.05) is 0 Å². The second kappa shape index (κ2) is 6.75. The number of rotatable bonds is 4. The smallest absolute Gasteiger partial charge is 0.129 e. The van der Waals surface area contributed by atoms with Crippen LogP contribution in [-0.4, -0.2) is 48.1 Å². The van der Waals surface area contributed by atoms with E-state index in [2.05, 4.69) is 47.2 Å². The van der Waals surface area contributed by atoms with Crippen molar-refractivity contribution in [3.05, 3.63) is 23.9 Å². The Hall–Kier alpha value is -1.13. The van der Waals surface area contributed by atoms with Gasteiger partial charge in [-0.15, -0.1) is 0 Å². The molecule has 2 unspecified atom stereocenters. The average molecular weight is 288 g/mol. The lowest BCUT2D eigenvalue weighted by Crippen LogP contribution is -2.59. The zero-order valence-electron chi connectivity index (χ0n) is 13.4. The molecule has 1 aromatic heterocycles. The minimum Gasteiger partial charge on any atom is -0.351 e. The van der Waals surface area contributed by atoms with Crippen LogP contribution in [0, 0.1) is 0 Å². The Labute approximate surface area is 128 Å². The molecule has 0 bridgehead atoms.